The largest absolute Gasteiger partial charge is 0.471 e. The topological polar surface area (TPSA) is 40.6 Å². The molecule has 122 valence electrons. The van der Waals surface area contributed by atoms with E-state index in [0.29, 0.717) is 10.5 Å². The van der Waals surface area contributed by atoms with Gasteiger partial charge in [-0.15, -0.1) is 0 Å². The Hall–Kier alpha value is -2.01. The Morgan fingerprint density at radius 3 is 2.04 bits per heavy atom. The first kappa shape index (κ1) is 17.3. The summed E-state index contributed by atoms with van der Waals surface area (Å²) < 4.78 is 37.9. The summed E-state index contributed by atoms with van der Waals surface area (Å²) in [5.41, 5.74) is 0.660. The summed E-state index contributed by atoms with van der Waals surface area (Å²) >= 11 is 3.28. The first-order valence-corrected chi connectivity index (χ1v) is 7.49. The van der Waals surface area contributed by atoms with Crippen molar-refractivity contribution in [3.05, 3.63) is 34.3 Å². The molecule has 0 aromatic heterocycles. The van der Waals surface area contributed by atoms with Crippen LogP contribution in [-0.2, 0) is 9.59 Å². The molecule has 8 heteroatoms. The SMILES string of the molecule is O=C(C#Cc1ccc(Br)cc1)N1CCN(C(=O)C(F)(F)F)CC1. The molecule has 1 saturated heterocycles. The van der Waals surface area contributed by atoms with Crippen LogP contribution < -0.4 is 0 Å². The summed E-state index contributed by atoms with van der Waals surface area (Å²) in [6, 6.07) is 7.06. The molecule has 0 aliphatic carbocycles. The number of benzene rings is 1. The Balaban J connectivity index is 1.92. The highest BCUT2D eigenvalue weighted by Gasteiger charge is 2.43. The van der Waals surface area contributed by atoms with Crippen LogP contribution in [0.1, 0.15) is 5.56 Å². The number of hydrogen-bond donors (Lipinski definition) is 0. The molecule has 0 saturated carbocycles. The lowest BCUT2D eigenvalue weighted by Crippen LogP contribution is -2.53. The third-order valence-electron chi connectivity index (χ3n) is 3.25. The summed E-state index contributed by atoms with van der Waals surface area (Å²) in [6.45, 7) is -0.223. The van der Waals surface area contributed by atoms with Crippen molar-refractivity contribution in [3.8, 4) is 11.8 Å². The Kier molecular flexibility index (Phi) is 5.31. The van der Waals surface area contributed by atoms with Gasteiger partial charge in [-0.2, -0.15) is 13.2 Å². The molecule has 0 bridgehead atoms. The third-order valence-corrected chi connectivity index (χ3v) is 3.78. The second-order valence-electron chi connectivity index (χ2n) is 4.84. The zero-order chi connectivity index (χ0) is 17.0. The van der Waals surface area contributed by atoms with E-state index in [9.17, 15) is 22.8 Å². The maximum atomic E-state index is 12.3. The Bertz CT molecular complexity index is 654. The summed E-state index contributed by atoms with van der Waals surface area (Å²) in [5, 5.41) is 0. The number of halogens is 4. The minimum atomic E-state index is -4.88. The number of carbonyl (C=O) groups is 2. The normalized spacial score (nSPS) is 15.0. The molecule has 23 heavy (non-hydrogen) atoms. The highest BCUT2D eigenvalue weighted by molar-refractivity contribution is 9.10. The van der Waals surface area contributed by atoms with Crippen LogP contribution in [0.5, 0.6) is 0 Å². The number of rotatable bonds is 0. The average Bonchev–Trinajstić information content (AvgIpc) is 2.52. The highest BCUT2D eigenvalue weighted by Crippen LogP contribution is 2.19. The van der Waals surface area contributed by atoms with Gasteiger partial charge < -0.3 is 9.80 Å². The van der Waals surface area contributed by atoms with E-state index in [-0.39, 0.29) is 26.2 Å². The van der Waals surface area contributed by atoms with E-state index in [1.54, 1.807) is 24.3 Å². The van der Waals surface area contributed by atoms with Gasteiger partial charge in [-0.1, -0.05) is 21.9 Å². The zero-order valence-electron chi connectivity index (χ0n) is 11.9. The molecule has 2 amide bonds. The fraction of sp³-hybridized carbons (Fsp3) is 0.333. The quantitative estimate of drug-likeness (QED) is 0.638. The van der Waals surface area contributed by atoms with E-state index in [1.807, 2.05) is 0 Å². The Morgan fingerprint density at radius 2 is 1.52 bits per heavy atom. The summed E-state index contributed by atoms with van der Waals surface area (Å²) in [7, 11) is 0. The van der Waals surface area contributed by atoms with Gasteiger partial charge in [0.05, 0.1) is 0 Å². The lowest BCUT2D eigenvalue weighted by Gasteiger charge is -2.33. The van der Waals surface area contributed by atoms with Crippen molar-refractivity contribution >= 4 is 27.7 Å². The lowest BCUT2D eigenvalue weighted by molar-refractivity contribution is -0.187. The Labute approximate surface area is 139 Å². The van der Waals surface area contributed by atoms with Crippen LogP contribution in [0.2, 0.25) is 0 Å². The third kappa shape index (κ3) is 4.73. The number of carbonyl (C=O) groups excluding carboxylic acids is 2. The van der Waals surface area contributed by atoms with E-state index in [4.69, 9.17) is 0 Å². The van der Waals surface area contributed by atoms with Gasteiger partial charge in [0.25, 0.3) is 5.91 Å². The van der Waals surface area contributed by atoms with Gasteiger partial charge in [-0.05, 0) is 24.3 Å². The standard InChI is InChI=1S/C15H12BrF3N2O2/c16-12-4-1-11(2-5-12)3-6-13(22)20-7-9-21(10-8-20)14(23)15(17,18)19/h1-2,4-5H,7-10H2. The van der Waals surface area contributed by atoms with E-state index in [0.717, 1.165) is 4.47 Å². The van der Waals surface area contributed by atoms with Gasteiger partial charge in [0.1, 0.15) is 0 Å². The molecular formula is C15H12BrF3N2O2. The minimum absolute atomic E-state index is 0.0374. The maximum absolute atomic E-state index is 12.3. The summed E-state index contributed by atoms with van der Waals surface area (Å²) in [5.74, 6) is 2.83. The van der Waals surface area contributed by atoms with Crippen molar-refractivity contribution in [3.63, 3.8) is 0 Å². The zero-order valence-corrected chi connectivity index (χ0v) is 13.4. The second-order valence-corrected chi connectivity index (χ2v) is 5.75. The van der Waals surface area contributed by atoms with Gasteiger partial charge in [-0.25, -0.2) is 0 Å². The van der Waals surface area contributed by atoms with Crippen molar-refractivity contribution in [2.75, 3.05) is 26.2 Å². The summed E-state index contributed by atoms with van der Waals surface area (Å²) in [6.07, 6.45) is -4.88. The second kappa shape index (κ2) is 7.04. The molecule has 0 radical (unpaired) electrons. The molecule has 1 aromatic carbocycles. The van der Waals surface area contributed by atoms with E-state index in [1.165, 1.54) is 4.90 Å². The monoisotopic (exact) mass is 388 g/mol. The first-order chi connectivity index (χ1) is 10.8. The molecule has 1 aliphatic heterocycles. The van der Waals surface area contributed by atoms with Crippen LogP contribution in [0, 0.1) is 11.8 Å². The molecule has 0 N–H and O–H groups in total. The Morgan fingerprint density at radius 1 is 1.00 bits per heavy atom. The molecule has 1 aliphatic rings. The molecule has 1 heterocycles. The first-order valence-electron chi connectivity index (χ1n) is 6.70. The predicted octanol–water partition coefficient (Wildman–Crippen LogP) is 2.03. The molecule has 0 spiro atoms. The minimum Gasteiger partial charge on any atom is -0.331 e. The van der Waals surface area contributed by atoms with Crippen LogP contribution in [0.4, 0.5) is 13.2 Å². The van der Waals surface area contributed by atoms with E-state index in [2.05, 4.69) is 27.8 Å². The number of nitrogens with zero attached hydrogens (tertiary/aromatic N) is 2. The van der Waals surface area contributed by atoms with Crippen LogP contribution >= 0.6 is 15.9 Å². The maximum Gasteiger partial charge on any atom is 0.471 e. The van der Waals surface area contributed by atoms with E-state index < -0.39 is 18.0 Å². The molecule has 2 rings (SSSR count). The van der Waals surface area contributed by atoms with Gasteiger partial charge in [0.2, 0.25) is 0 Å². The number of amides is 2. The highest BCUT2D eigenvalue weighted by atomic mass is 79.9. The van der Waals surface area contributed by atoms with Gasteiger partial charge in [-0.3, -0.25) is 9.59 Å². The molecule has 0 atom stereocenters. The fourth-order valence-corrected chi connectivity index (χ4v) is 2.29. The lowest BCUT2D eigenvalue weighted by atomic mass is 10.2. The molecule has 1 fully saturated rings. The van der Waals surface area contributed by atoms with Crippen LogP contribution in [-0.4, -0.2) is 54.0 Å². The van der Waals surface area contributed by atoms with Crippen molar-refractivity contribution < 1.29 is 22.8 Å². The smallest absolute Gasteiger partial charge is 0.331 e. The number of hydrogen-bond acceptors (Lipinski definition) is 2. The molecule has 4 nitrogen and oxygen atoms in total. The van der Waals surface area contributed by atoms with Gasteiger partial charge >= 0.3 is 12.1 Å². The fourth-order valence-electron chi connectivity index (χ4n) is 2.03. The van der Waals surface area contributed by atoms with Crippen molar-refractivity contribution in [2.24, 2.45) is 0 Å². The van der Waals surface area contributed by atoms with Crippen LogP contribution in [0.15, 0.2) is 28.7 Å². The van der Waals surface area contributed by atoms with Crippen LogP contribution in [0.25, 0.3) is 0 Å². The van der Waals surface area contributed by atoms with E-state index >= 15 is 0 Å². The van der Waals surface area contributed by atoms with Gasteiger partial charge in [0, 0.05) is 42.1 Å². The average molecular weight is 389 g/mol. The summed E-state index contributed by atoms with van der Waals surface area (Å²) in [4.78, 5) is 25.1. The number of piperazine rings is 1. The van der Waals surface area contributed by atoms with Gasteiger partial charge in [0.15, 0.2) is 0 Å². The molecular weight excluding hydrogens is 377 g/mol. The molecule has 1 aromatic rings. The number of alkyl halides is 3. The van der Waals surface area contributed by atoms with Crippen molar-refractivity contribution in [2.45, 2.75) is 6.18 Å². The predicted molar refractivity (Wildman–Crippen MR) is 80.2 cm³/mol. The van der Waals surface area contributed by atoms with Crippen LogP contribution in [0.3, 0.4) is 0 Å². The van der Waals surface area contributed by atoms with Crippen molar-refractivity contribution in [1.29, 1.82) is 0 Å². The van der Waals surface area contributed by atoms with Crippen molar-refractivity contribution in [1.82, 2.24) is 9.80 Å². The molecule has 0 unspecified atom stereocenters.